The molecule has 0 saturated carbocycles. The number of morpholine rings is 1. The molecule has 0 bridgehead atoms. The Hall–Kier alpha value is -2.06. The van der Waals surface area contributed by atoms with Crippen LogP contribution in [0.25, 0.3) is 0 Å². The maximum Gasteiger partial charge on any atom is 0.325 e. The summed E-state index contributed by atoms with van der Waals surface area (Å²) < 4.78 is 36.4. The summed E-state index contributed by atoms with van der Waals surface area (Å²) in [6.07, 6.45) is -0.145. The molecule has 1 saturated heterocycles. The Morgan fingerprint density at radius 1 is 1.38 bits per heavy atom. The molecule has 132 valence electrons. The van der Waals surface area contributed by atoms with Crippen LogP contribution in [0.5, 0.6) is 0 Å². The highest BCUT2D eigenvalue weighted by atomic mass is 19.2. The van der Waals surface area contributed by atoms with Crippen LogP contribution in [0.3, 0.4) is 0 Å². The Balaban J connectivity index is 1.81. The first-order chi connectivity index (χ1) is 11.5. The normalized spacial score (nSPS) is 18.2. The van der Waals surface area contributed by atoms with E-state index in [0.29, 0.717) is 31.8 Å². The molecule has 1 heterocycles. The fraction of sp³-hybridized carbons (Fsp3) is 0.500. The molecule has 0 aliphatic carbocycles. The maximum absolute atomic E-state index is 13.3. The summed E-state index contributed by atoms with van der Waals surface area (Å²) in [5.41, 5.74) is 0.564. The Morgan fingerprint density at radius 3 is 2.88 bits per heavy atom. The van der Waals surface area contributed by atoms with E-state index in [0.717, 1.165) is 12.1 Å². The largest absolute Gasteiger partial charge is 0.468 e. The number of esters is 1. The van der Waals surface area contributed by atoms with Gasteiger partial charge in [0.05, 0.1) is 19.8 Å². The summed E-state index contributed by atoms with van der Waals surface area (Å²) >= 11 is 0. The van der Waals surface area contributed by atoms with Gasteiger partial charge in [-0.15, -0.1) is 0 Å². The van der Waals surface area contributed by atoms with Crippen molar-refractivity contribution in [2.75, 3.05) is 39.9 Å². The highest BCUT2D eigenvalue weighted by Crippen LogP contribution is 2.23. The van der Waals surface area contributed by atoms with Crippen molar-refractivity contribution in [2.45, 2.75) is 12.5 Å². The number of carbonyl (C=O) groups is 2. The van der Waals surface area contributed by atoms with Gasteiger partial charge < -0.3 is 14.8 Å². The molecule has 1 N–H and O–H groups in total. The predicted molar refractivity (Wildman–Crippen MR) is 81.1 cm³/mol. The van der Waals surface area contributed by atoms with E-state index in [1.165, 1.54) is 13.2 Å². The van der Waals surface area contributed by atoms with E-state index in [1.807, 2.05) is 4.90 Å². The number of hydrogen-bond donors (Lipinski definition) is 1. The molecule has 1 aliphatic rings. The van der Waals surface area contributed by atoms with E-state index >= 15 is 0 Å². The number of rotatable bonds is 6. The molecule has 2 rings (SSSR count). The van der Waals surface area contributed by atoms with E-state index in [4.69, 9.17) is 4.74 Å². The minimum Gasteiger partial charge on any atom is -0.468 e. The third-order valence-electron chi connectivity index (χ3n) is 3.78. The van der Waals surface area contributed by atoms with Gasteiger partial charge in [0.15, 0.2) is 11.6 Å². The number of nitrogens with one attached hydrogen (secondary N) is 1. The number of hydrogen-bond acceptors (Lipinski definition) is 5. The summed E-state index contributed by atoms with van der Waals surface area (Å²) in [7, 11) is 1.25. The van der Waals surface area contributed by atoms with Gasteiger partial charge in [-0.25, -0.2) is 8.78 Å². The zero-order valence-corrected chi connectivity index (χ0v) is 13.4. The molecule has 8 heteroatoms. The van der Waals surface area contributed by atoms with E-state index in [9.17, 15) is 18.4 Å². The van der Waals surface area contributed by atoms with Gasteiger partial charge >= 0.3 is 5.97 Å². The summed E-state index contributed by atoms with van der Waals surface area (Å²) in [4.78, 5) is 24.6. The van der Waals surface area contributed by atoms with Gasteiger partial charge in [0.25, 0.3) is 0 Å². The van der Waals surface area contributed by atoms with Gasteiger partial charge in [-0.05, 0) is 17.7 Å². The van der Waals surface area contributed by atoms with Gasteiger partial charge in [0, 0.05) is 26.1 Å². The summed E-state index contributed by atoms with van der Waals surface area (Å²) in [5.74, 6) is -2.56. The molecule has 0 aromatic heterocycles. The second-order valence-electron chi connectivity index (χ2n) is 5.44. The Morgan fingerprint density at radius 2 is 2.17 bits per heavy atom. The van der Waals surface area contributed by atoms with Crippen molar-refractivity contribution in [1.29, 1.82) is 0 Å². The SMILES string of the molecule is COC(=O)CNC(=O)CCN1CCOC(c2ccc(F)c(F)c2)C1. The molecular formula is C16H20F2N2O4. The minimum atomic E-state index is -0.907. The fourth-order valence-corrected chi connectivity index (χ4v) is 2.41. The highest BCUT2D eigenvalue weighted by Gasteiger charge is 2.23. The van der Waals surface area contributed by atoms with E-state index < -0.39 is 17.6 Å². The molecule has 1 aromatic carbocycles. The number of amides is 1. The van der Waals surface area contributed by atoms with Gasteiger partial charge in [-0.3, -0.25) is 14.5 Å². The number of carbonyl (C=O) groups excluding carboxylic acids is 2. The molecule has 0 spiro atoms. The monoisotopic (exact) mass is 342 g/mol. The van der Waals surface area contributed by atoms with E-state index in [1.54, 1.807) is 0 Å². The molecule has 1 aliphatic heterocycles. The third kappa shape index (κ3) is 5.24. The van der Waals surface area contributed by atoms with Crippen LogP contribution in [0.4, 0.5) is 8.78 Å². The summed E-state index contributed by atoms with van der Waals surface area (Å²) in [6, 6.07) is 3.70. The second kappa shape index (κ2) is 8.70. The van der Waals surface area contributed by atoms with Crippen molar-refractivity contribution >= 4 is 11.9 Å². The van der Waals surface area contributed by atoms with Crippen molar-refractivity contribution in [2.24, 2.45) is 0 Å². The standard InChI is InChI=1S/C16H20F2N2O4/c1-23-16(22)9-19-15(21)4-5-20-6-7-24-14(10-20)11-2-3-12(17)13(18)8-11/h2-3,8,14H,4-7,9-10H2,1H3,(H,19,21). The van der Waals surface area contributed by atoms with Crippen LogP contribution in [0.2, 0.25) is 0 Å². The van der Waals surface area contributed by atoms with Gasteiger partial charge in [-0.2, -0.15) is 0 Å². The second-order valence-corrected chi connectivity index (χ2v) is 5.44. The molecule has 1 unspecified atom stereocenters. The molecule has 6 nitrogen and oxygen atoms in total. The van der Waals surface area contributed by atoms with Crippen molar-refractivity contribution in [3.63, 3.8) is 0 Å². The first-order valence-electron chi connectivity index (χ1n) is 7.62. The van der Waals surface area contributed by atoms with Crippen LogP contribution >= 0.6 is 0 Å². The minimum absolute atomic E-state index is 0.157. The third-order valence-corrected chi connectivity index (χ3v) is 3.78. The fourth-order valence-electron chi connectivity index (χ4n) is 2.41. The zero-order valence-electron chi connectivity index (χ0n) is 13.4. The first-order valence-corrected chi connectivity index (χ1v) is 7.62. The Kier molecular flexibility index (Phi) is 6.62. The lowest BCUT2D eigenvalue weighted by atomic mass is 10.1. The highest BCUT2D eigenvalue weighted by molar-refractivity contribution is 5.81. The van der Waals surface area contributed by atoms with Crippen molar-refractivity contribution in [3.05, 3.63) is 35.4 Å². The molecule has 1 atom stereocenters. The molecular weight excluding hydrogens is 322 g/mol. The van der Waals surface area contributed by atoms with Gasteiger partial charge in [0.2, 0.25) is 5.91 Å². The average molecular weight is 342 g/mol. The topological polar surface area (TPSA) is 67.9 Å². The molecule has 0 radical (unpaired) electrons. The summed E-state index contributed by atoms with van der Waals surface area (Å²) in [5, 5.41) is 2.47. The number of nitrogens with zero attached hydrogens (tertiary/aromatic N) is 1. The number of methoxy groups -OCH3 is 1. The lowest BCUT2D eigenvalue weighted by Gasteiger charge is -2.33. The first kappa shape index (κ1) is 18.3. The Labute approximate surface area is 138 Å². The lowest BCUT2D eigenvalue weighted by molar-refractivity contribution is -0.141. The van der Waals surface area contributed by atoms with Crippen LogP contribution in [0.15, 0.2) is 18.2 Å². The Bertz CT molecular complexity index is 597. The quantitative estimate of drug-likeness (QED) is 0.782. The smallest absolute Gasteiger partial charge is 0.325 e. The van der Waals surface area contributed by atoms with E-state index in [2.05, 4.69) is 10.1 Å². The van der Waals surface area contributed by atoms with Crippen LogP contribution in [0, 0.1) is 11.6 Å². The number of ether oxygens (including phenoxy) is 2. The lowest BCUT2D eigenvalue weighted by Crippen LogP contribution is -2.41. The van der Waals surface area contributed by atoms with Gasteiger partial charge in [-0.1, -0.05) is 6.07 Å². The number of halogens is 2. The molecule has 1 amide bonds. The van der Waals surface area contributed by atoms with Crippen molar-refractivity contribution in [1.82, 2.24) is 10.2 Å². The van der Waals surface area contributed by atoms with Crippen molar-refractivity contribution in [3.8, 4) is 0 Å². The molecule has 1 fully saturated rings. The van der Waals surface area contributed by atoms with Gasteiger partial charge in [0.1, 0.15) is 6.54 Å². The zero-order chi connectivity index (χ0) is 17.5. The van der Waals surface area contributed by atoms with E-state index in [-0.39, 0.29) is 25.0 Å². The van der Waals surface area contributed by atoms with Crippen LogP contribution in [0.1, 0.15) is 18.1 Å². The summed E-state index contributed by atoms with van der Waals surface area (Å²) in [6.45, 7) is 1.89. The molecule has 1 aromatic rings. The number of benzene rings is 1. The van der Waals surface area contributed by atoms with Crippen LogP contribution in [-0.4, -0.2) is 56.7 Å². The molecule has 24 heavy (non-hydrogen) atoms. The van der Waals surface area contributed by atoms with Crippen molar-refractivity contribution < 1.29 is 27.8 Å². The average Bonchev–Trinajstić information content (AvgIpc) is 2.60. The van der Waals surface area contributed by atoms with Crippen LogP contribution in [-0.2, 0) is 19.1 Å². The maximum atomic E-state index is 13.3. The van der Waals surface area contributed by atoms with Crippen LogP contribution < -0.4 is 5.32 Å². The predicted octanol–water partition coefficient (Wildman–Crippen LogP) is 1.02.